The third-order valence-electron chi connectivity index (χ3n) is 3.32. The third-order valence-corrected chi connectivity index (χ3v) is 5.49. The predicted molar refractivity (Wildman–Crippen MR) is 81.4 cm³/mol. The molecule has 1 unspecified atom stereocenters. The van der Waals surface area contributed by atoms with Crippen LogP contribution in [0.2, 0.25) is 0 Å². The first kappa shape index (κ1) is 16.5. The summed E-state index contributed by atoms with van der Waals surface area (Å²) in [6.45, 7) is 4.29. The summed E-state index contributed by atoms with van der Waals surface area (Å²) >= 11 is 5.85. The lowest BCUT2D eigenvalue weighted by atomic mass is 10.1. The number of alkyl halides is 1. The highest BCUT2D eigenvalue weighted by Crippen LogP contribution is 2.27. The van der Waals surface area contributed by atoms with Gasteiger partial charge in [0.15, 0.2) is 0 Å². The Labute approximate surface area is 130 Å². The Morgan fingerprint density at radius 3 is 2.52 bits per heavy atom. The summed E-state index contributed by atoms with van der Waals surface area (Å²) in [6, 6.07) is 6.37. The average molecular weight is 334 g/mol. The quantitative estimate of drug-likeness (QED) is 0.792. The van der Waals surface area contributed by atoms with Gasteiger partial charge >= 0.3 is 0 Å². The molecule has 1 aromatic carbocycles. The Hall–Kier alpha value is -0.820. The van der Waals surface area contributed by atoms with Crippen molar-refractivity contribution in [2.24, 2.45) is 0 Å². The van der Waals surface area contributed by atoms with E-state index < -0.39 is 15.6 Å². The first-order valence-electron chi connectivity index (χ1n) is 6.66. The molecule has 0 N–H and O–H groups in total. The zero-order chi connectivity index (χ0) is 15.7. The van der Waals surface area contributed by atoms with E-state index in [-0.39, 0.29) is 23.4 Å². The maximum atomic E-state index is 12.7. The van der Waals surface area contributed by atoms with Gasteiger partial charge in [-0.1, -0.05) is 0 Å². The van der Waals surface area contributed by atoms with Crippen molar-refractivity contribution >= 4 is 21.6 Å². The van der Waals surface area contributed by atoms with Crippen molar-refractivity contribution in [3.63, 3.8) is 0 Å². The normalized spacial score (nSPS) is 23.0. The highest BCUT2D eigenvalue weighted by molar-refractivity contribution is 7.89. The van der Waals surface area contributed by atoms with E-state index in [0.717, 1.165) is 0 Å². The molecule has 21 heavy (non-hydrogen) atoms. The summed E-state index contributed by atoms with van der Waals surface area (Å²) in [7, 11) is -2.02. The van der Waals surface area contributed by atoms with E-state index in [9.17, 15) is 8.42 Å². The maximum Gasteiger partial charge on any atom is 0.243 e. The van der Waals surface area contributed by atoms with Crippen LogP contribution in [0.3, 0.4) is 0 Å². The van der Waals surface area contributed by atoms with E-state index in [0.29, 0.717) is 12.3 Å². The molecule has 0 radical (unpaired) electrons. The van der Waals surface area contributed by atoms with Gasteiger partial charge in [0.05, 0.1) is 23.7 Å². The number of hydrogen-bond donors (Lipinski definition) is 0. The Kier molecular flexibility index (Phi) is 4.82. The van der Waals surface area contributed by atoms with E-state index >= 15 is 0 Å². The van der Waals surface area contributed by atoms with Gasteiger partial charge in [-0.3, -0.25) is 0 Å². The third kappa shape index (κ3) is 3.69. The van der Waals surface area contributed by atoms with Crippen molar-refractivity contribution < 1.29 is 17.9 Å². The Bertz CT molecular complexity index is 585. The second-order valence-electron chi connectivity index (χ2n) is 5.63. The number of methoxy groups -OCH3 is 1. The molecule has 1 fully saturated rings. The van der Waals surface area contributed by atoms with Gasteiger partial charge in [-0.2, -0.15) is 4.31 Å². The fraction of sp³-hybridized carbons (Fsp3) is 0.571. The van der Waals surface area contributed by atoms with Crippen LogP contribution in [-0.2, 0) is 14.8 Å². The van der Waals surface area contributed by atoms with Gasteiger partial charge in [-0.05, 0) is 38.1 Å². The summed E-state index contributed by atoms with van der Waals surface area (Å²) in [4.78, 5) is 0.245. The summed E-state index contributed by atoms with van der Waals surface area (Å²) in [5.41, 5.74) is -0.558. The molecule has 0 aromatic heterocycles. The molecule has 0 amide bonds. The topological polar surface area (TPSA) is 55.8 Å². The minimum absolute atomic E-state index is 0.245. The molecule has 0 bridgehead atoms. The van der Waals surface area contributed by atoms with E-state index in [4.69, 9.17) is 21.1 Å². The van der Waals surface area contributed by atoms with Crippen LogP contribution in [0.5, 0.6) is 5.75 Å². The van der Waals surface area contributed by atoms with Crippen LogP contribution in [0.25, 0.3) is 0 Å². The fourth-order valence-electron chi connectivity index (χ4n) is 2.40. The molecule has 1 aliphatic heterocycles. The molecule has 5 nitrogen and oxygen atoms in total. The standard InChI is InChI=1S/C14H20ClNO4S/c1-14(2)10-16(9-12(8-15)20-14)21(17,18)13-6-4-11(19-3)5-7-13/h4-7,12H,8-10H2,1-3H3. The summed E-state index contributed by atoms with van der Waals surface area (Å²) < 4.78 is 37.7. The van der Waals surface area contributed by atoms with Crippen molar-refractivity contribution in [2.45, 2.75) is 30.4 Å². The number of halogens is 1. The lowest BCUT2D eigenvalue weighted by Crippen LogP contribution is -2.55. The molecule has 2 rings (SSSR count). The maximum absolute atomic E-state index is 12.7. The second-order valence-corrected chi connectivity index (χ2v) is 7.87. The fourth-order valence-corrected chi connectivity index (χ4v) is 4.18. The predicted octanol–water partition coefficient (Wildman–Crippen LogP) is 2.10. The monoisotopic (exact) mass is 333 g/mol. The van der Waals surface area contributed by atoms with Gasteiger partial charge in [0.1, 0.15) is 5.75 Å². The van der Waals surface area contributed by atoms with Crippen molar-refractivity contribution in [1.29, 1.82) is 0 Å². The molecule has 0 aliphatic carbocycles. The number of benzene rings is 1. The Morgan fingerprint density at radius 2 is 2.00 bits per heavy atom. The van der Waals surface area contributed by atoms with Crippen molar-refractivity contribution in [3.05, 3.63) is 24.3 Å². The van der Waals surface area contributed by atoms with Gasteiger partial charge in [0.25, 0.3) is 0 Å². The number of morpholine rings is 1. The van der Waals surface area contributed by atoms with Crippen molar-refractivity contribution in [3.8, 4) is 5.75 Å². The minimum atomic E-state index is -3.56. The van der Waals surface area contributed by atoms with Crippen LogP contribution >= 0.6 is 11.6 Å². The first-order chi connectivity index (χ1) is 9.78. The van der Waals surface area contributed by atoms with Gasteiger partial charge < -0.3 is 9.47 Å². The smallest absolute Gasteiger partial charge is 0.243 e. The molecule has 1 aliphatic rings. The molecule has 0 saturated carbocycles. The van der Waals surface area contributed by atoms with Gasteiger partial charge in [-0.25, -0.2) is 8.42 Å². The number of sulfonamides is 1. The summed E-state index contributed by atoms with van der Waals surface area (Å²) in [5, 5.41) is 0. The SMILES string of the molecule is COc1ccc(S(=O)(=O)N2CC(CCl)OC(C)(C)C2)cc1. The zero-order valence-electron chi connectivity index (χ0n) is 12.4. The lowest BCUT2D eigenvalue weighted by Gasteiger charge is -2.41. The van der Waals surface area contributed by atoms with E-state index in [1.165, 1.54) is 4.31 Å². The highest BCUT2D eigenvalue weighted by Gasteiger charge is 2.39. The highest BCUT2D eigenvalue weighted by atomic mass is 35.5. The number of rotatable bonds is 4. The van der Waals surface area contributed by atoms with Crippen LogP contribution in [0.1, 0.15) is 13.8 Å². The van der Waals surface area contributed by atoms with Crippen molar-refractivity contribution in [2.75, 3.05) is 26.1 Å². The van der Waals surface area contributed by atoms with Gasteiger partial charge in [-0.15, -0.1) is 11.6 Å². The summed E-state index contributed by atoms with van der Waals surface area (Å²) in [5.74, 6) is 0.882. The van der Waals surface area contributed by atoms with Crippen LogP contribution in [-0.4, -0.2) is 50.5 Å². The molecular weight excluding hydrogens is 314 g/mol. The second kappa shape index (κ2) is 6.12. The molecule has 1 atom stereocenters. The van der Waals surface area contributed by atoms with E-state index in [2.05, 4.69) is 0 Å². The summed E-state index contributed by atoms with van der Waals surface area (Å²) in [6.07, 6.45) is -0.302. The minimum Gasteiger partial charge on any atom is -0.497 e. The van der Waals surface area contributed by atoms with Crippen LogP contribution < -0.4 is 4.74 Å². The van der Waals surface area contributed by atoms with Crippen LogP contribution in [0, 0.1) is 0 Å². The molecule has 118 valence electrons. The number of hydrogen-bond acceptors (Lipinski definition) is 4. The Morgan fingerprint density at radius 1 is 1.38 bits per heavy atom. The molecule has 1 aromatic rings. The van der Waals surface area contributed by atoms with Crippen molar-refractivity contribution in [1.82, 2.24) is 4.31 Å². The van der Waals surface area contributed by atoms with E-state index in [1.54, 1.807) is 31.4 Å². The van der Waals surface area contributed by atoms with Gasteiger partial charge in [0.2, 0.25) is 10.0 Å². The zero-order valence-corrected chi connectivity index (χ0v) is 13.9. The van der Waals surface area contributed by atoms with Gasteiger partial charge in [0, 0.05) is 19.0 Å². The largest absolute Gasteiger partial charge is 0.497 e. The van der Waals surface area contributed by atoms with Crippen LogP contribution in [0.4, 0.5) is 0 Å². The first-order valence-corrected chi connectivity index (χ1v) is 8.64. The molecule has 7 heteroatoms. The lowest BCUT2D eigenvalue weighted by molar-refractivity contribution is -0.107. The molecule has 0 spiro atoms. The molecular formula is C14H20ClNO4S. The number of ether oxygens (including phenoxy) is 2. The van der Waals surface area contributed by atoms with Crippen LogP contribution in [0.15, 0.2) is 29.2 Å². The molecule has 1 heterocycles. The average Bonchev–Trinajstić information content (AvgIpc) is 2.45. The van der Waals surface area contributed by atoms with E-state index in [1.807, 2.05) is 13.8 Å². The number of nitrogens with zero attached hydrogens (tertiary/aromatic N) is 1. The molecule has 1 saturated heterocycles. The Balaban J connectivity index is 2.29.